The highest BCUT2D eigenvalue weighted by atomic mass is 15.3. The first kappa shape index (κ1) is 12.9. The van der Waals surface area contributed by atoms with Gasteiger partial charge in [-0.05, 0) is 19.4 Å². The summed E-state index contributed by atoms with van der Waals surface area (Å²) in [5.41, 5.74) is 0. The third kappa shape index (κ3) is 3.20. The van der Waals surface area contributed by atoms with Gasteiger partial charge in [-0.25, -0.2) is 0 Å². The standard InChI is InChI=1S/C14H25N3/c1-2-16-8-10-17(11-9-16)14-7-5-3-4-6-13(14)12-15/h13-14H,2-11H2,1H3. The monoisotopic (exact) mass is 235 g/mol. The van der Waals surface area contributed by atoms with Gasteiger partial charge in [0.25, 0.3) is 0 Å². The summed E-state index contributed by atoms with van der Waals surface area (Å²) in [6, 6.07) is 3.10. The predicted molar refractivity (Wildman–Crippen MR) is 69.7 cm³/mol. The Bertz CT molecular complexity index is 263. The minimum atomic E-state index is 0.283. The molecule has 1 aliphatic heterocycles. The highest BCUT2D eigenvalue weighted by molar-refractivity contribution is 4.95. The van der Waals surface area contributed by atoms with E-state index >= 15 is 0 Å². The van der Waals surface area contributed by atoms with Gasteiger partial charge in [-0.1, -0.05) is 26.2 Å². The zero-order valence-corrected chi connectivity index (χ0v) is 11.1. The highest BCUT2D eigenvalue weighted by Crippen LogP contribution is 2.27. The van der Waals surface area contributed by atoms with Crippen molar-refractivity contribution >= 4 is 0 Å². The normalized spacial score (nSPS) is 32.9. The van der Waals surface area contributed by atoms with Gasteiger partial charge in [0, 0.05) is 32.2 Å². The Kier molecular flexibility index (Phi) is 4.82. The Balaban J connectivity index is 1.93. The summed E-state index contributed by atoms with van der Waals surface area (Å²) < 4.78 is 0. The second kappa shape index (κ2) is 6.37. The molecule has 2 unspecified atom stereocenters. The molecule has 96 valence electrons. The molecule has 1 aliphatic carbocycles. The summed E-state index contributed by atoms with van der Waals surface area (Å²) in [5, 5.41) is 9.33. The molecular formula is C14H25N3. The minimum Gasteiger partial charge on any atom is -0.301 e. The summed E-state index contributed by atoms with van der Waals surface area (Å²) >= 11 is 0. The van der Waals surface area contributed by atoms with Gasteiger partial charge in [-0.3, -0.25) is 4.90 Å². The molecule has 2 fully saturated rings. The van der Waals surface area contributed by atoms with E-state index in [1.807, 2.05) is 0 Å². The summed E-state index contributed by atoms with van der Waals surface area (Å²) in [4.78, 5) is 5.10. The second-order valence-electron chi connectivity index (χ2n) is 5.41. The lowest BCUT2D eigenvalue weighted by Crippen LogP contribution is -2.51. The van der Waals surface area contributed by atoms with Crippen molar-refractivity contribution < 1.29 is 0 Å². The molecule has 0 bridgehead atoms. The van der Waals surface area contributed by atoms with Crippen molar-refractivity contribution in [3.05, 3.63) is 0 Å². The van der Waals surface area contributed by atoms with Gasteiger partial charge in [0.05, 0.1) is 12.0 Å². The van der Waals surface area contributed by atoms with E-state index in [9.17, 15) is 5.26 Å². The van der Waals surface area contributed by atoms with Crippen molar-refractivity contribution in [3.8, 4) is 6.07 Å². The summed E-state index contributed by atoms with van der Waals surface area (Å²) in [7, 11) is 0. The number of rotatable bonds is 2. The maximum Gasteiger partial charge on any atom is 0.0672 e. The molecule has 0 aromatic rings. The minimum absolute atomic E-state index is 0.283. The zero-order valence-electron chi connectivity index (χ0n) is 11.1. The Morgan fingerprint density at radius 2 is 1.76 bits per heavy atom. The van der Waals surface area contributed by atoms with Crippen LogP contribution in [0.3, 0.4) is 0 Å². The number of nitriles is 1. The van der Waals surface area contributed by atoms with Crippen LogP contribution in [-0.2, 0) is 0 Å². The molecule has 2 rings (SSSR count). The molecule has 0 radical (unpaired) electrons. The molecule has 1 heterocycles. The maximum atomic E-state index is 9.33. The second-order valence-corrected chi connectivity index (χ2v) is 5.41. The molecule has 1 saturated carbocycles. The van der Waals surface area contributed by atoms with E-state index in [2.05, 4.69) is 22.8 Å². The van der Waals surface area contributed by atoms with Crippen LogP contribution >= 0.6 is 0 Å². The Morgan fingerprint density at radius 1 is 1.06 bits per heavy atom. The van der Waals surface area contributed by atoms with Crippen molar-refractivity contribution in [1.82, 2.24) is 9.80 Å². The number of likely N-dealkylation sites (N-methyl/N-ethyl adjacent to an activating group) is 1. The molecule has 0 aromatic carbocycles. The van der Waals surface area contributed by atoms with Crippen molar-refractivity contribution in [3.63, 3.8) is 0 Å². The first-order valence-corrected chi connectivity index (χ1v) is 7.21. The van der Waals surface area contributed by atoms with Crippen molar-refractivity contribution in [2.75, 3.05) is 32.7 Å². The van der Waals surface area contributed by atoms with E-state index in [4.69, 9.17) is 0 Å². The van der Waals surface area contributed by atoms with E-state index < -0.39 is 0 Å². The van der Waals surface area contributed by atoms with Gasteiger partial charge >= 0.3 is 0 Å². The highest BCUT2D eigenvalue weighted by Gasteiger charge is 2.30. The van der Waals surface area contributed by atoms with Crippen molar-refractivity contribution in [1.29, 1.82) is 5.26 Å². The van der Waals surface area contributed by atoms with Crippen LogP contribution in [0.5, 0.6) is 0 Å². The van der Waals surface area contributed by atoms with Crippen LogP contribution in [0.25, 0.3) is 0 Å². The number of nitrogens with zero attached hydrogens (tertiary/aromatic N) is 3. The SMILES string of the molecule is CCN1CCN(C2CCCCCC2C#N)CC1. The molecule has 3 heteroatoms. The lowest BCUT2D eigenvalue weighted by atomic mass is 9.94. The van der Waals surface area contributed by atoms with Gasteiger partial charge in [0.1, 0.15) is 0 Å². The average Bonchev–Trinajstić information content (AvgIpc) is 2.64. The van der Waals surface area contributed by atoms with Crippen LogP contribution in [-0.4, -0.2) is 48.6 Å². The van der Waals surface area contributed by atoms with Crippen LogP contribution in [0, 0.1) is 17.2 Å². The first-order chi connectivity index (χ1) is 8.35. The molecule has 17 heavy (non-hydrogen) atoms. The molecule has 0 amide bonds. The molecule has 0 spiro atoms. The van der Waals surface area contributed by atoms with Crippen molar-refractivity contribution in [2.45, 2.75) is 45.1 Å². The van der Waals surface area contributed by atoms with Crippen LogP contribution < -0.4 is 0 Å². The summed E-state index contributed by atoms with van der Waals surface area (Å²) in [6.07, 6.45) is 6.25. The molecule has 3 nitrogen and oxygen atoms in total. The van der Waals surface area contributed by atoms with Crippen molar-refractivity contribution in [2.24, 2.45) is 5.92 Å². The molecule has 1 saturated heterocycles. The zero-order chi connectivity index (χ0) is 12.1. The molecule has 0 N–H and O–H groups in total. The third-order valence-corrected chi connectivity index (χ3v) is 4.47. The van der Waals surface area contributed by atoms with Gasteiger partial charge in [-0.2, -0.15) is 5.26 Å². The van der Waals surface area contributed by atoms with E-state index in [1.165, 1.54) is 45.3 Å². The molecular weight excluding hydrogens is 210 g/mol. The van der Waals surface area contributed by atoms with Crippen LogP contribution in [0.4, 0.5) is 0 Å². The fourth-order valence-electron chi connectivity index (χ4n) is 3.29. The number of hydrogen-bond donors (Lipinski definition) is 0. The molecule has 0 aromatic heterocycles. The lowest BCUT2D eigenvalue weighted by molar-refractivity contribution is 0.0790. The van der Waals surface area contributed by atoms with Gasteiger partial charge < -0.3 is 4.90 Å². The average molecular weight is 235 g/mol. The summed E-state index contributed by atoms with van der Waals surface area (Å²) in [5.74, 6) is 0.283. The number of piperazine rings is 1. The Hall–Kier alpha value is -0.590. The fraction of sp³-hybridized carbons (Fsp3) is 0.929. The molecule has 2 aliphatic rings. The fourth-order valence-corrected chi connectivity index (χ4v) is 3.29. The van der Waals surface area contributed by atoms with E-state index in [0.717, 1.165) is 19.5 Å². The number of hydrogen-bond acceptors (Lipinski definition) is 3. The first-order valence-electron chi connectivity index (χ1n) is 7.21. The quantitative estimate of drug-likeness (QED) is 0.687. The van der Waals surface area contributed by atoms with E-state index in [-0.39, 0.29) is 5.92 Å². The Morgan fingerprint density at radius 3 is 2.41 bits per heavy atom. The largest absolute Gasteiger partial charge is 0.301 e. The maximum absolute atomic E-state index is 9.33. The topological polar surface area (TPSA) is 30.3 Å². The van der Waals surface area contributed by atoms with Gasteiger partial charge in [0.15, 0.2) is 0 Å². The van der Waals surface area contributed by atoms with E-state index in [1.54, 1.807) is 0 Å². The smallest absolute Gasteiger partial charge is 0.0672 e. The summed E-state index contributed by atoms with van der Waals surface area (Å²) in [6.45, 7) is 8.10. The third-order valence-electron chi connectivity index (χ3n) is 4.47. The Labute approximate surface area is 105 Å². The van der Waals surface area contributed by atoms with Crippen LogP contribution in [0.15, 0.2) is 0 Å². The lowest BCUT2D eigenvalue weighted by Gasteiger charge is -2.40. The van der Waals surface area contributed by atoms with Crippen LogP contribution in [0.1, 0.15) is 39.0 Å². The van der Waals surface area contributed by atoms with Crippen LogP contribution in [0.2, 0.25) is 0 Å². The van der Waals surface area contributed by atoms with Gasteiger partial charge in [0.2, 0.25) is 0 Å². The molecule has 2 atom stereocenters. The van der Waals surface area contributed by atoms with Gasteiger partial charge in [-0.15, -0.1) is 0 Å². The predicted octanol–water partition coefficient (Wildman–Crippen LogP) is 2.10. The van der Waals surface area contributed by atoms with E-state index in [0.29, 0.717) is 6.04 Å².